The van der Waals surface area contributed by atoms with Gasteiger partial charge in [0.25, 0.3) is 0 Å². The van der Waals surface area contributed by atoms with E-state index in [1.54, 1.807) is 0 Å². The fourth-order valence-electron chi connectivity index (χ4n) is 1.53. The fraction of sp³-hybridized carbons (Fsp3) is 0.100. The molecule has 0 aliphatic carbocycles. The lowest BCUT2D eigenvalue weighted by Gasteiger charge is -1.91. The number of carbonyl (C=O) groups excluding carboxylic acids is 1. The Morgan fingerprint density at radius 1 is 1.38 bits per heavy atom. The molecule has 0 spiro atoms. The van der Waals surface area contributed by atoms with E-state index in [0.717, 1.165) is 22.2 Å². The zero-order valence-corrected chi connectivity index (χ0v) is 9.25. The molecular formula is C10H8INO. The highest BCUT2D eigenvalue weighted by atomic mass is 127. The van der Waals surface area contributed by atoms with Gasteiger partial charge in [-0.2, -0.15) is 0 Å². The predicted molar refractivity (Wildman–Crippen MR) is 61.4 cm³/mol. The van der Waals surface area contributed by atoms with Crippen LogP contribution in [-0.2, 0) is 0 Å². The van der Waals surface area contributed by atoms with Crippen molar-refractivity contribution < 1.29 is 4.79 Å². The number of H-pyrrole nitrogens is 1. The smallest absolute Gasteiger partial charge is 0.224 e. The number of aromatic nitrogens is 1. The molecule has 13 heavy (non-hydrogen) atoms. The summed E-state index contributed by atoms with van der Waals surface area (Å²) >= 11 is 1.82. The van der Waals surface area contributed by atoms with Crippen molar-refractivity contribution in [1.29, 1.82) is 0 Å². The monoisotopic (exact) mass is 285 g/mol. The SMILES string of the molecule is Cc1[nH]c2ccccc2c1C(=O)I. The number of benzene rings is 1. The lowest BCUT2D eigenvalue weighted by Crippen LogP contribution is -1.88. The first-order valence-corrected chi connectivity index (χ1v) is 5.05. The molecule has 3 heteroatoms. The predicted octanol–water partition coefficient (Wildman–Crippen LogP) is 3.05. The van der Waals surface area contributed by atoms with Crippen LogP contribution in [0.3, 0.4) is 0 Å². The maximum atomic E-state index is 11.3. The Labute approximate surface area is 89.5 Å². The summed E-state index contributed by atoms with van der Waals surface area (Å²) in [5.41, 5.74) is 2.77. The van der Waals surface area contributed by atoms with Crippen molar-refractivity contribution >= 4 is 37.3 Å². The van der Waals surface area contributed by atoms with Crippen LogP contribution in [0.5, 0.6) is 0 Å². The third-order valence-corrected chi connectivity index (χ3v) is 2.63. The summed E-state index contributed by atoms with van der Waals surface area (Å²) in [7, 11) is 0. The van der Waals surface area contributed by atoms with Crippen molar-refractivity contribution in [3.8, 4) is 0 Å². The van der Waals surface area contributed by atoms with Crippen LogP contribution in [-0.4, -0.2) is 8.77 Å². The molecule has 0 radical (unpaired) electrons. The molecule has 0 amide bonds. The molecule has 0 aliphatic heterocycles. The van der Waals surface area contributed by atoms with Crippen LogP contribution in [0.25, 0.3) is 10.9 Å². The van der Waals surface area contributed by atoms with Crippen molar-refractivity contribution in [3.05, 3.63) is 35.5 Å². The van der Waals surface area contributed by atoms with Gasteiger partial charge in [-0.1, -0.05) is 18.2 Å². The Kier molecular flexibility index (Phi) is 2.11. The molecule has 66 valence electrons. The van der Waals surface area contributed by atoms with E-state index < -0.39 is 0 Å². The summed E-state index contributed by atoms with van der Waals surface area (Å²) < 4.78 is 0.0903. The molecule has 1 N–H and O–H groups in total. The van der Waals surface area contributed by atoms with Crippen LogP contribution >= 0.6 is 22.6 Å². The normalized spacial score (nSPS) is 10.6. The van der Waals surface area contributed by atoms with Gasteiger partial charge in [-0.3, -0.25) is 4.79 Å². The van der Waals surface area contributed by atoms with Crippen molar-refractivity contribution in [2.45, 2.75) is 6.92 Å². The number of halogens is 1. The highest BCUT2D eigenvalue weighted by Crippen LogP contribution is 2.23. The lowest BCUT2D eigenvalue weighted by molar-refractivity contribution is 0.110. The number of aryl methyl sites for hydroxylation is 1. The van der Waals surface area contributed by atoms with Crippen molar-refractivity contribution in [3.63, 3.8) is 0 Å². The van der Waals surface area contributed by atoms with Crippen molar-refractivity contribution in [1.82, 2.24) is 4.98 Å². The standard InChI is InChI=1S/C10H8INO/c1-6-9(10(11)13)7-4-2-3-5-8(7)12-6/h2-5,12H,1H3. The van der Waals surface area contributed by atoms with E-state index in [1.807, 2.05) is 53.8 Å². The van der Waals surface area contributed by atoms with E-state index in [2.05, 4.69) is 4.98 Å². The van der Waals surface area contributed by atoms with Crippen LogP contribution in [0.15, 0.2) is 24.3 Å². The summed E-state index contributed by atoms with van der Waals surface area (Å²) in [5, 5.41) is 1.01. The number of para-hydroxylation sites is 1. The molecule has 1 aromatic heterocycles. The Morgan fingerprint density at radius 3 is 2.77 bits per heavy atom. The molecule has 0 fully saturated rings. The largest absolute Gasteiger partial charge is 0.358 e. The van der Waals surface area contributed by atoms with Gasteiger partial charge in [-0.25, -0.2) is 0 Å². The van der Waals surface area contributed by atoms with E-state index in [4.69, 9.17) is 0 Å². The third-order valence-electron chi connectivity index (χ3n) is 2.09. The van der Waals surface area contributed by atoms with Crippen LogP contribution < -0.4 is 0 Å². The Morgan fingerprint density at radius 2 is 2.08 bits per heavy atom. The second kappa shape index (κ2) is 3.14. The number of nitrogens with one attached hydrogen (secondary N) is 1. The summed E-state index contributed by atoms with van der Waals surface area (Å²) in [4.78, 5) is 14.5. The first kappa shape index (κ1) is 8.74. The maximum absolute atomic E-state index is 11.3. The molecule has 1 heterocycles. The Hall–Kier alpha value is -0.840. The minimum atomic E-state index is 0.0903. The van der Waals surface area contributed by atoms with E-state index in [9.17, 15) is 4.79 Å². The second-order valence-corrected chi connectivity index (χ2v) is 3.92. The Balaban J connectivity index is 2.86. The zero-order valence-electron chi connectivity index (χ0n) is 7.10. The zero-order chi connectivity index (χ0) is 9.42. The first-order valence-electron chi connectivity index (χ1n) is 3.97. The second-order valence-electron chi connectivity index (χ2n) is 2.94. The van der Waals surface area contributed by atoms with Gasteiger partial charge in [-0.15, -0.1) is 0 Å². The average molecular weight is 285 g/mol. The lowest BCUT2D eigenvalue weighted by atomic mass is 10.1. The molecular weight excluding hydrogens is 277 g/mol. The highest BCUT2D eigenvalue weighted by molar-refractivity contribution is 14.1. The van der Waals surface area contributed by atoms with Crippen LogP contribution in [0.2, 0.25) is 0 Å². The molecule has 0 bridgehead atoms. The topological polar surface area (TPSA) is 32.9 Å². The molecule has 0 aliphatic rings. The summed E-state index contributed by atoms with van der Waals surface area (Å²) in [6.45, 7) is 1.92. The number of hydrogen-bond donors (Lipinski definition) is 1. The van der Waals surface area contributed by atoms with Crippen molar-refractivity contribution in [2.75, 3.05) is 0 Å². The van der Waals surface area contributed by atoms with Crippen LogP contribution in [0.4, 0.5) is 0 Å². The minimum Gasteiger partial charge on any atom is -0.358 e. The van der Waals surface area contributed by atoms with Crippen LogP contribution in [0.1, 0.15) is 16.1 Å². The van der Waals surface area contributed by atoms with Crippen LogP contribution in [0, 0.1) is 6.92 Å². The number of carbonyl (C=O) groups is 1. The van der Waals surface area contributed by atoms with Gasteiger partial charge >= 0.3 is 0 Å². The summed E-state index contributed by atoms with van der Waals surface area (Å²) in [5.74, 6) is 0. The van der Waals surface area contributed by atoms with Gasteiger partial charge in [0.15, 0.2) is 0 Å². The summed E-state index contributed by atoms with van der Waals surface area (Å²) in [6.07, 6.45) is 0. The van der Waals surface area contributed by atoms with Gasteiger partial charge in [-0.05, 0) is 13.0 Å². The van der Waals surface area contributed by atoms with Gasteiger partial charge in [0.05, 0.1) is 5.56 Å². The number of fused-ring (bicyclic) bond motifs is 1. The van der Waals surface area contributed by atoms with Crippen molar-refractivity contribution in [2.24, 2.45) is 0 Å². The van der Waals surface area contributed by atoms with Gasteiger partial charge in [0.2, 0.25) is 3.79 Å². The number of rotatable bonds is 1. The third kappa shape index (κ3) is 1.37. The van der Waals surface area contributed by atoms with Gasteiger partial charge in [0, 0.05) is 39.2 Å². The van der Waals surface area contributed by atoms with E-state index in [-0.39, 0.29) is 3.79 Å². The minimum absolute atomic E-state index is 0.0903. The first-order chi connectivity index (χ1) is 6.20. The fourth-order valence-corrected chi connectivity index (χ4v) is 2.23. The van der Waals surface area contributed by atoms with E-state index >= 15 is 0 Å². The average Bonchev–Trinajstić information content (AvgIpc) is 2.39. The number of hydrogen-bond acceptors (Lipinski definition) is 1. The van der Waals surface area contributed by atoms with E-state index in [1.165, 1.54) is 0 Å². The van der Waals surface area contributed by atoms with Gasteiger partial charge in [0.1, 0.15) is 0 Å². The Bertz CT molecular complexity index is 473. The number of aromatic amines is 1. The molecule has 2 nitrogen and oxygen atoms in total. The molecule has 0 atom stereocenters. The quantitative estimate of drug-likeness (QED) is 0.634. The van der Waals surface area contributed by atoms with Gasteiger partial charge < -0.3 is 4.98 Å². The molecule has 0 unspecified atom stereocenters. The maximum Gasteiger partial charge on any atom is 0.224 e. The molecule has 1 aromatic carbocycles. The van der Waals surface area contributed by atoms with E-state index in [0.29, 0.717) is 0 Å². The molecule has 0 saturated heterocycles. The molecule has 0 saturated carbocycles. The molecule has 2 rings (SSSR count). The highest BCUT2D eigenvalue weighted by Gasteiger charge is 2.12. The molecule has 2 aromatic rings. The summed E-state index contributed by atoms with van der Waals surface area (Å²) in [6, 6.07) is 7.84.